The summed E-state index contributed by atoms with van der Waals surface area (Å²) in [6.07, 6.45) is 2.94. The van der Waals surface area contributed by atoms with Crippen molar-refractivity contribution in [1.29, 1.82) is 5.26 Å². The van der Waals surface area contributed by atoms with Crippen LogP contribution < -0.4 is 10.6 Å². The summed E-state index contributed by atoms with van der Waals surface area (Å²) >= 11 is 0. The summed E-state index contributed by atoms with van der Waals surface area (Å²) < 4.78 is 19.0. The maximum atomic E-state index is 13.0. The summed E-state index contributed by atoms with van der Waals surface area (Å²) in [5.41, 5.74) is 4.48. The molecule has 1 atom stereocenters. The largest absolute Gasteiger partial charge is 0.466 e. The van der Waals surface area contributed by atoms with Crippen LogP contribution in [0.3, 0.4) is 0 Å². The van der Waals surface area contributed by atoms with E-state index in [-0.39, 0.29) is 28.1 Å². The summed E-state index contributed by atoms with van der Waals surface area (Å²) in [5, 5.41) is 10.0. The lowest BCUT2D eigenvalue weighted by Crippen LogP contribution is -2.49. The Morgan fingerprint density at radius 3 is 1.97 bits per heavy atom. The first-order valence-corrected chi connectivity index (χ1v) is 10.3. The van der Waals surface area contributed by atoms with E-state index in [1.165, 1.54) is 17.9 Å². The normalized spacial score (nSPS) is 19.0. The minimum absolute atomic E-state index is 0.00691. The minimum atomic E-state index is -1.69. The number of anilines is 1. The van der Waals surface area contributed by atoms with E-state index in [9.17, 15) is 24.4 Å². The molecule has 0 amide bonds. The number of methoxy groups -OCH3 is 4. The first-order valence-electron chi connectivity index (χ1n) is 10.3. The van der Waals surface area contributed by atoms with Gasteiger partial charge < -0.3 is 29.6 Å². The highest BCUT2D eigenvalue weighted by molar-refractivity contribution is 6.03. The van der Waals surface area contributed by atoms with Crippen molar-refractivity contribution in [1.82, 2.24) is 0 Å². The van der Waals surface area contributed by atoms with E-state index in [2.05, 4.69) is 4.74 Å². The maximum absolute atomic E-state index is 13.0. The van der Waals surface area contributed by atoms with Gasteiger partial charge in [-0.3, -0.25) is 0 Å². The Hall–Kier alpha value is -4.85. The molecule has 1 aliphatic rings. The van der Waals surface area contributed by atoms with E-state index < -0.39 is 29.4 Å². The van der Waals surface area contributed by atoms with Crippen LogP contribution >= 0.6 is 0 Å². The van der Waals surface area contributed by atoms with Crippen LogP contribution in [-0.4, -0.2) is 57.9 Å². The van der Waals surface area contributed by atoms with Gasteiger partial charge in [-0.05, 0) is 25.1 Å². The van der Waals surface area contributed by atoms with Crippen molar-refractivity contribution in [3.05, 3.63) is 76.7 Å². The number of hydrogen-bond donors (Lipinski definition) is 1. The average Bonchev–Trinajstić information content (AvgIpc) is 3.11. The van der Waals surface area contributed by atoms with Gasteiger partial charge >= 0.3 is 23.9 Å². The lowest BCUT2D eigenvalue weighted by Gasteiger charge is -2.39. The van der Waals surface area contributed by atoms with E-state index >= 15 is 0 Å². The molecule has 0 aliphatic carbocycles. The van der Waals surface area contributed by atoms with E-state index in [0.29, 0.717) is 5.69 Å². The van der Waals surface area contributed by atoms with Crippen molar-refractivity contribution in [2.45, 2.75) is 12.5 Å². The van der Waals surface area contributed by atoms with Crippen LogP contribution in [-0.2, 0) is 38.1 Å². The van der Waals surface area contributed by atoms with Crippen molar-refractivity contribution in [2.24, 2.45) is 5.73 Å². The second kappa shape index (κ2) is 11.5. The van der Waals surface area contributed by atoms with Gasteiger partial charge in [0.05, 0.1) is 45.2 Å². The highest BCUT2D eigenvalue weighted by Gasteiger charge is 2.52. The van der Waals surface area contributed by atoms with Crippen LogP contribution in [0, 0.1) is 11.3 Å². The number of carbonyl (C=O) groups is 4. The number of para-hydroxylation sites is 1. The first-order chi connectivity index (χ1) is 17.1. The minimum Gasteiger partial charge on any atom is -0.466 e. The Morgan fingerprint density at radius 1 is 0.917 bits per heavy atom. The standard InChI is InChI=1S/C25H25N3O8/c1-25(19(24(32)36-5)13-21(30)34-3)18(11-15(23(31)35-4)12-20(29)33-2)17(14-26)22(27)28(25)16-9-7-6-8-10-16/h6-13H,27H2,1-5H3/b15-12-,18-11-,19-13-. The molecule has 1 aliphatic heterocycles. The number of benzene rings is 1. The Labute approximate surface area is 207 Å². The molecule has 11 heteroatoms. The summed E-state index contributed by atoms with van der Waals surface area (Å²) in [4.78, 5) is 51.2. The number of nitrogens with two attached hydrogens (primary N) is 1. The molecule has 0 spiro atoms. The quantitative estimate of drug-likeness (QED) is 0.331. The second-order valence-electron chi connectivity index (χ2n) is 7.36. The highest BCUT2D eigenvalue weighted by atomic mass is 16.5. The molecule has 0 saturated carbocycles. The van der Waals surface area contributed by atoms with Crippen LogP contribution in [0.4, 0.5) is 5.69 Å². The zero-order valence-corrected chi connectivity index (χ0v) is 20.4. The van der Waals surface area contributed by atoms with Gasteiger partial charge in [0.1, 0.15) is 17.4 Å². The Balaban J connectivity index is 3.05. The fraction of sp³-hybridized carbons (Fsp3) is 0.240. The van der Waals surface area contributed by atoms with Gasteiger partial charge in [0.2, 0.25) is 0 Å². The maximum Gasteiger partial charge on any atom is 0.338 e. The van der Waals surface area contributed by atoms with Gasteiger partial charge in [0.15, 0.2) is 0 Å². The fourth-order valence-electron chi connectivity index (χ4n) is 3.73. The van der Waals surface area contributed by atoms with Crippen LogP contribution in [0.1, 0.15) is 6.92 Å². The third-order valence-corrected chi connectivity index (χ3v) is 5.45. The first kappa shape index (κ1) is 27.4. The molecule has 0 aromatic heterocycles. The fourth-order valence-corrected chi connectivity index (χ4v) is 3.73. The summed E-state index contributed by atoms with van der Waals surface area (Å²) in [6, 6.07) is 10.5. The molecular weight excluding hydrogens is 470 g/mol. The summed E-state index contributed by atoms with van der Waals surface area (Å²) in [6.45, 7) is 1.50. The van der Waals surface area contributed by atoms with Crippen molar-refractivity contribution >= 4 is 29.6 Å². The molecule has 0 fully saturated rings. The number of nitrogens with zero attached hydrogens (tertiary/aromatic N) is 2. The smallest absolute Gasteiger partial charge is 0.338 e. The number of rotatable bonds is 7. The van der Waals surface area contributed by atoms with Gasteiger partial charge in [-0.15, -0.1) is 0 Å². The molecule has 0 bridgehead atoms. The van der Waals surface area contributed by atoms with E-state index in [0.717, 1.165) is 40.6 Å². The predicted octanol–water partition coefficient (Wildman–Crippen LogP) is 1.43. The SMILES string of the molecule is COC(=O)/C=C(/C=C1/C(C#N)=C(N)N(c2ccccc2)C1(C)/C(=C\C(=O)OC)C(=O)OC)C(=O)OC. The molecule has 36 heavy (non-hydrogen) atoms. The van der Waals surface area contributed by atoms with Crippen molar-refractivity contribution < 1.29 is 38.1 Å². The second-order valence-corrected chi connectivity index (χ2v) is 7.36. The van der Waals surface area contributed by atoms with Gasteiger partial charge in [0.25, 0.3) is 0 Å². The third-order valence-electron chi connectivity index (χ3n) is 5.45. The highest BCUT2D eigenvalue weighted by Crippen LogP contribution is 2.47. The third kappa shape index (κ3) is 5.12. The van der Waals surface area contributed by atoms with Gasteiger partial charge in [-0.1, -0.05) is 18.2 Å². The lowest BCUT2D eigenvalue weighted by atomic mass is 9.80. The number of ether oxygens (including phenoxy) is 4. The number of nitriles is 1. The van der Waals surface area contributed by atoms with E-state index in [1.54, 1.807) is 30.3 Å². The van der Waals surface area contributed by atoms with Crippen molar-refractivity contribution in [3.8, 4) is 6.07 Å². The Morgan fingerprint density at radius 2 is 1.47 bits per heavy atom. The molecular formula is C25H25N3O8. The van der Waals surface area contributed by atoms with E-state index in [1.807, 2.05) is 6.07 Å². The Kier molecular flexibility index (Phi) is 8.77. The molecule has 1 aromatic rings. The average molecular weight is 495 g/mol. The lowest BCUT2D eigenvalue weighted by molar-refractivity contribution is -0.139. The number of esters is 4. The van der Waals surface area contributed by atoms with Crippen LogP contribution in [0.5, 0.6) is 0 Å². The molecule has 1 aromatic carbocycles. The van der Waals surface area contributed by atoms with E-state index in [4.69, 9.17) is 19.9 Å². The molecule has 2 rings (SSSR count). The molecule has 0 saturated heterocycles. The molecule has 11 nitrogen and oxygen atoms in total. The van der Waals surface area contributed by atoms with Crippen molar-refractivity contribution in [3.63, 3.8) is 0 Å². The number of hydrogen-bond acceptors (Lipinski definition) is 11. The summed E-state index contributed by atoms with van der Waals surface area (Å²) in [5.74, 6) is -3.70. The van der Waals surface area contributed by atoms with Gasteiger partial charge in [-0.25, -0.2) is 19.2 Å². The zero-order valence-electron chi connectivity index (χ0n) is 20.4. The van der Waals surface area contributed by atoms with Gasteiger partial charge in [-0.2, -0.15) is 5.26 Å². The molecule has 1 unspecified atom stereocenters. The summed E-state index contributed by atoms with van der Waals surface area (Å²) in [7, 11) is 4.45. The van der Waals surface area contributed by atoms with Crippen LogP contribution in [0.25, 0.3) is 0 Å². The molecule has 0 radical (unpaired) electrons. The topological polar surface area (TPSA) is 158 Å². The molecule has 188 valence electrons. The van der Waals surface area contributed by atoms with Crippen LogP contribution in [0.2, 0.25) is 0 Å². The monoisotopic (exact) mass is 495 g/mol. The molecule has 2 N–H and O–H groups in total. The van der Waals surface area contributed by atoms with Crippen LogP contribution in [0.15, 0.2) is 76.7 Å². The number of carbonyl (C=O) groups excluding carboxylic acids is 4. The van der Waals surface area contributed by atoms with Crippen molar-refractivity contribution in [2.75, 3.05) is 33.3 Å². The predicted molar refractivity (Wildman–Crippen MR) is 126 cm³/mol. The molecule has 1 heterocycles. The van der Waals surface area contributed by atoms with Gasteiger partial charge in [0, 0.05) is 23.4 Å². The zero-order chi connectivity index (χ0) is 27.0. The Bertz CT molecular complexity index is 1240.